The molecule has 0 atom stereocenters. The van der Waals surface area contributed by atoms with E-state index in [2.05, 4.69) is 6.42 Å². The second-order valence-corrected chi connectivity index (χ2v) is 3.34. The minimum absolute atomic E-state index is 0. The van der Waals surface area contributed by atoms with Gasteiger partial charge in [0.1, 0.15) is 0 Å². The third kappa shape index (κ3) is 9.19. The van der Waals surface area contributed by atoms with E-state index in [1.54, 1.807) is 0 Å². The minimum Gasteiger partial charge on any atom is -0.328 e. The quantitative estimate of drug-likeness (QED) is 0.451. The van der Waals surface area contributed by atoms with E-state index >= 15 is 0 Å². The Bertz CT molecular complexity index is 43.0. The molecule has 2 rings (SSSR count). The molecule has 2 fully saturated rings. The molecule has 0 aromatic rings. The first-order valence-electron chi connectivity index (χ1n) is 4.82. The van der Waals surface area contributed by atoms with Gasteiger partial charge in [0.2, 0.25) is 0 Å². The van der Waals surface area contributed by atoms with Crippen molar-refractivity contribution < 1.29 is 35.6 Å². The van der Waals surface area contributed by atoms with E-state index in [0.717, 1.165) is 0 Å². The third-order valence-electron chi connectivity index (χ3n) is 2.32. The fourth-order valence-electron chi connectivity index (χ4n) is 1.61. The zero-order chi connectivity index (χ0) is 7.07. The summed E-state index contributed by atoms with van der Waals surface area (Å²) in [6.45, 7) is 0. The Morgan fingerprint density at radius 1 is 0.583 bits per heavy atom. The predicted octanol–water partition coefficient (Wildman–Crippen LogP) is 3.71. The van der Waals surface area contributed by atoms with Crippen LogP contribution < -0.4 is 0 Å². The van der Waals surface area contributed by atoms with Crippen molar-refractivity contribution in [1.29, 1.82) is 0 Å². The molecule has 0 heterocycles. The second-order valence-electron chi connectivity index (χ2n) is 3.34. The topological polar surface area (TPSA) is 0 Å². The van der Waals surface area contributed by atoms with Crippen LogP contribution in [-0.4, -0.2) is 0 Å². The molecule has 0 spiro atoms. The van der Waals surface area contributed by atoms with Crippen molar-refractivity contribution in [2.45, 2.75) is 57.8 Å². The van der Waals surface area contributed by atoms with E-state index in [1.807, 2.05) is 0 Å². The molecule has 0 aliphatic heterocycles. The summed E-state index contributed by atoms with van der Waals surface area (Å²) < 4.78 is 0. The molecule has 12 heavy (non-hydrogen) atoms. The number of rotatable bonds is 0. The molecule has 0 nitrogen and oxygen atoms in total. The summed E-state index contributed by atoms with van der Waals surface area (Å²) in [6.07, 6.45) is 15.5. The van der Waals surface area contributed by atoms with Crippen LogP contribution in [0.3, 0.4) is 0 Å². The van der Waals surface area contributed by atoms with Crippen molar-refractivity contribution >= 4 is 0 Å². The average molecular weight is 246 g/mol. The Hall–Kier alpha value is 1.10. The van der Waals surface area contributed by atoms with Crippen molar-refractivity contribution in [2.24, 2.45) is 0 Å². The Morgan fingerprint density at radius 3 is 1.08 bits per heavy atom. The van der Waals surface area contributed by atoms with Crippen LogP contribution in [0.2, 0.25) is 0 Å². The molecule has 0 saturated heterocycles. The average Bonchev–Trinajstić information content (AvgIpc) is 2.67. The summed E-state index contributed by atoms with van der Waals surface area (Å²) in [5.41, 5.74) is 0. The fourth-order valence-corrected chi connectivity index (χ4v) is 1.61. The van der Waals surface area contributed by atoms with Crippen LogP contribution in [0, 0.1) is 6.42 Å². The molecule has 0 aromatic heterocycles. The van der Waals surface area contributed by atoms with Crippen molar-refractivity contribution in [1.82, 2.24) is 0 Å². The largest absolute Gasteiger partial charge is 0.328 e. The maximum absolute atomic E-state index is 2.36. The van der Waals surface area contributed by atoms with Gasteiger partial charge in [-0.2, -0.15) is 12.8 Å². The van der Waals surface area contributed by atoms with E-state index in [-0.39, 0.29) is 35.6 Å². The van der Waals surface area contributed by atoms with Crippen molar-refractivity contribution in [2.75, 3.05) is 0 Å². The van der Waals surface area contributed by atoms with E-state index in [1.165, 1.54) is 57.8 Å². The van der Waals surface area contributed by atoms with E-state index < -0.39 is 0 Å². The van der Waals surface area contributed by atoms with Gasteiger partial charge >= 0.3 is 0 Å². The predicted molar refractivity (Wildman–Crippen MR) is 45.9 cm³/mol. The van der Waals surface area contributed by atoms with E-state index in [9.17, 15) is 0 Å². The van der Waals surface area contributed by atoms with E-state index in [0.29, 0.717) is 0 Å². The molecule has 2 heteroatoms. The standard InChI is InChI=1S/C5H10.C5H9.Fe.V/c2*1-2-4-5-3-1;;/h1-5H2;1H,2-5H2;;/q;-1;;. The number of hydrogen-bond acceptors (Lipinski definition) is 0. The van der Waals surface area contributed by atoms with Crippen molar-refractivity contribution in [3.8, 4) is 0 Å². The van der Waals surface area contributed by atoms with Gasteiger partial charge in [0.15, 0.2) is 0 Å². The maximum atomic E-state index is 2.36. The van der Waals surface area contributed by atoms with Gasteiger partial charge in [-0.25, -0.2) is 0 Å². The SMILES string of the molecule is C1CCCC1.[CH-]1CCCC1.[Fe].[V]. The Morgan fingerprint density at radius 2 is 0.917 bits per heavy atom. The van der Waals surface area contributed by atoms with Crippen molar-refractivity contribution in [3.05, 3.63) is 6.42 Å². The fraction of sp³-hybridized carbons (Fsp3) is 0.900. The molecule has 0 N–H and O–H groups in total. The van der Waals surface area contributed by atoms with E-state index in [4.69, 9.17) is 0 Å². The van der Waals surface area contributed by atoms with Gasteiger partial charge in [0.25, 0.3) is 0 Å². The summed E-state index contributed by atoms with van der Waals surface area (Å²) in [7, 11) is 0. The molecule has 1 radical (unpaired) electrons. The summed E-state index contributed by atoms with van der Waals surface area (Å²) >= 11 is 0. The van der Waals surface area contributed by atoms with Crippen LogP contribution in [0.4, 0.5) is 0 Å². The molecule has 0 aromatic carbocycles. The molecule has 2 aliphatic carbocycles. The zero-order valence-corrected chi connectivity index (χ0v) is 10.2. The smallest absolute Gasteiger partial charge is 0 e. The Kier molecular flexibility index (Phi) is 15.7. The van der Waals surface area contributed by atoms with Crippen LogP contribution in [0.25, 0.3) is 0 Å². The van der Waals surface area contributed by atoms with Gasteiger partial charge in [0, 0.05) is 35.6 Å². The maximum Gasteiger partial charge on any atom is 0 e. The summed E-state index contributed by atoms with van der Waals surface area (Å²) in [6, 6.07) is 0. The number of hydrogen-bond donors (Lipinski definition) is 0. The first kappa shape index (κ1) is 15.6. The normalized spacial score (nSPS) is 20.0. The van der Waals surface area contributed by atoms with Crippen LogP contribution >= 0.6 is 0 Å². The molecular formula is C10H19FeV-. The van der Waals surface area contributed by atoms with Gasteiger partial charge in [-0.1, -0.05) is 44.9 Å². The Labute approximate surface area is 99.6 Å². The molecular weight excluding hydrogens is 227 g/mol. The van der Waals surface area contributed by atoms with Gasteiger partial charge in [-0.05, 0) is 0 Å². The van der Waals surface area contributed by atoms with Gasteiger partial charge in [-0.3, -0.25) is 0 Å². The zero-order valence-electron chi connectivity index (χ0n) is 7.74. The van der Waals surface area contributed by atoms with Crippen LogP contribution in [0.1, 0.15) is 57.8 Å². The molecule has 73 valence electrons. The monoisotopic (exact) mass is 246 g/mol. The second kappa shape index (κ2) is 12.1. The molecule has 2 aliphatic rings. The molecule has 0 bridgehead atoms. The molecule has 0 amide bonds. The van der Waals surface area contributed by atoms with Crippen LogP contribution in [-0.2, 0) is 35.6 Å². The first-order chi connectivity index (χ1) is 5.00. The summed E-state index contributed by atoms with van der Waals surface area (Å²) in [5.74, 6) is 0. The van der Waals surface area contributed by atoms with Crippen LogP contribution in [0.15, 0.2) is 0 Å². The van der Waals surface area contributed by atoms with Crippen LogP contribution in [0.5, 0.6) is 0 Å². The molecule has 2 saturated carbocycles. The Balaban J connectivity index is 0. The minimum atomic E-state index is 0. The summed E-state index contributed by atoms with van der Waals surface area (Å²) in [5, 5.41) is 0. The van der Waals surface area contributed by atoms with Gasteiger partial charge in [0.05, 0.1) is 0 Å². The van der Waals surface area contributed by atoms with Gasteiger partial charge in [-0.15, -0.1) is 0 Å². The third-order valence-corrected chi connectivity index (χ3v) is 2.32. The van der Waals surface area contributed by atoms with Gasteiger partial charge < -0.3 is 6.42 Å². The van der Waals surface area contributed by atoms with Crippen molar-refractivity contribution in [3.63, 3.8) is 0 Å². The summed E-state index contributed by atoms with van der Waals surface area (Å²) in [4.78, 5) is 0. The molecule has 0 unspecified atom stereocenters. The first-order valence-corrected chi connectivity index (χ1v) is 4.82.